The Kier molecular flexibility index (Phi) is 8.40. The van der Waals surface area contributed by atoms with Gasteiger partial charge in [0.05, 0.1) is 10.6 Å². The van der Waals surface area contributed by atoms with Crippen molar-refractivity contribution < 1.29 is 13.2 Å². The number of aryl methyl sites for hydroxylation is 3. The van der Waals surface area contributed by atoms with Crippen LogP contribution in [0.1, 0.15) is 23.1 Å². The van der Waals surface area contributed by atoms with Gasteiger partial charge < -0.3 is 5.32 Å². The lowest BCUT2D eigenvalue weighted by Crippen LogP contribution is -2.41. The van der Waals surface area contributed by atoms with Gasteiger partial charge >= 0.3 is 0 Å². The number of carbonyl (C=O) groups excluding carboxylic acids is 1. The lowest BCUT2D eigenvalue weighted by atomic mass is 10.1. The predicted octanol–water partition coefficient (Wildman–Crippen LogP) is 5.55. The fourth-order valence-electron chi connectivity index (χ4n) is 3.29. The van der Waals surface area contributed by atoms with Gasteiger partial charge in [0.15, 0.2) is 0 Å². The maximum absolute atomic E-state index is 13.4. The van der Waals surface area contributed by atoms with E-state index in [1.807, 2.05) is 44.2 Å². The maximum Gasteiger partial charge on any atom is 0.264 e. The van der Waals surface area contributed by atoms with Crippen molar-refractivity contribution in [1.29, 1.82) is 0 Å². The summed E-state index contributed by atoms with van der Waals surface area (Å²) in [6.45, 7) is 3.96. The first-order valence-corrected chi connectivity index (χ1v) is 12.7. The molecule has 0 aliphatic carbocycles. The third-order valence-electron chi connectivity index (χ3n) is 5.34. The van der Waals surface area contributed by atoms with Crippen LogP contribution in [0, 0.1) is 13.8 Å². The Labute approximate surface area is 205 Å². The lowest BCUT2D eigenvalue weighted by Gasteiger charge is -2.25. The van der Waals surface area contributed by atoms with Gasteiger partial charge in [0.1, 0.15) is 6.54 Å². The lowest BCUT2D eigenvalue weighted by molar-refractivity contribution is -0.119. The highest BCUT2D eigenvalue weighted by Gasteiger charge is 2.27. The van der Waals surface area contributed by atoms with Crippen molar-refractivity contribution in [2.24, 2.45) is 0 Å². The molecule has 33 heavy (non-hydrogen) atoms. The van der Waals surface area contributed by atoms with Gasteiger partial charge in [-0.3, -0.25) is 9.10 Å². The average molecular weight is 505 g/mol. The number of nitrogens with one attached hydrogen (secondary N) is 1. The first kappa shape index (κ1) is 25.1. The number of amides is 1. The highest BCUT2D eigenvalue weighted by molar-refractivity contribution is 7.92. The molecule has 0 aliphatic heterocycles. The molecule has 0 radical (unpaired) electrons. The van der Waals surface area contributed by atoms with E-state index in [9.17, 15) is 13.2 Å². The van der Waals surface area contributed by atoms with Crippen molar-refractivity contribution in [1.82, 2.24) is 5.32 Å². The van der Waals surface area contributed by atoms with Crippen molar-refractivity contribution in [3.05, 3.63) is 93.5 Å². The molecule has 0 aromatic heterocycles. The fraction of sp³-hybridized carbons (Fsp3) is 0.240. The van der Waals surface area contributed by atoms with Crippen molar-refractivity contribution >= 4 is 44.8 Å². The first-order valence-electron chi connectivity index (χ1n) is 10.5. The summed E-state index contributed by atoms with van der Waals surface area (Å²) in [4.78, 5) is 12.8. The Morgan fingerprint density at radius 2 is 1.48 bits per heavy atom. The Bertz CT molecular complexity index is 1210. The summed E-state index contributed by atoms with van der Waals surface area (Å²) in [5, 5.41) is 3.95. The number of hydrogen-bond donors (Lipinski definition) is 1. The van der Waals surface area contributed by atoms with Crippen LogP contribution in [0.25, 0.3) is 0 Å². The fourth-order valence-corrected chi connectivity index (χ4v) is 4.95. The third-order valence-corrected chi connectivity index (χ3v) is 7.64. The Morgan fingerprint density at radius 1 is 0.879 bits per heavy atom. The monoisotopic (exact) mass is 504 g/mol. The van der Waals surface area contributed by atoms with Gasteiger partial charge in [-0.2, -0.15) is 0 Å². The smallest absolute Gasteiger partial charge is 0.264 e. The van der Waals surface area contributed by atoms with Gasteiger partial charge in [-0.1, -0.05) is 41.4 Å². The van der Waals surface area contributed by atoms with Gasteiger partial charge in [0.2, 0.25) is 5.91 Å². The van der Waals surface area contributed by atoms with Gasteiger partial charge in [-0.25, -0.2) is 8.42 Å². The molecule has 1 amide bonds. The minimum Gasteiger partial charge on any atom is -0.355 e. The van der Waals surface area contributed by atoms with Crippen LogP contribution < -0.4 is 9.62 Å². The normalized spacial score (nSPS) is 11.3. The van der Waals surface area contributed by atoms with E-state index in [2.05, 4.69) is 5.32 Å². The Morgan fingerprint density at radius 3 is 2.09 bits per heavy atom. The number of rotatable bonds is 9. The van der Waals surface area contributed by atoms with Crippen LogP contribution >= 0.6 is 23.2 Å². The number of benzene rings is 3. The predicted molar refractivity (Wildman–Crippen MR) is 135 cm³/mol. The minimum atomic E-state index is -3.97. The zero-order valence-electron chi connectivity index (χ0n) is 18.5. The molecule has 0 spiro atoms. The van der Waals surface area contributed by atoms with Gasteiger partial charge in [0.25, 0.3) is 10.0 Å². The highest BCUT2D eigenvalue weighted by atomic mass is 35.5. The quantitative estimate of drug-likeness (QED) is 0.388. The average Bonchev–Trinajstić information content (AvgIpc) is 2.78. The molecule has 5 nitrogen and oxygen atoms in total. The molecule has 3 aromatic rings. The molecule has 0 bridgehead atoms. The van der Waals surface area contributed by atoms with Gasteiger partial charge in [0, 0.05) is 16.6 Å². The number of carbonyl (C=O) groups is 1. The van der Waals surface area contributed by atoms with E-state index < -0.39 is 10.0 Å². The summed E-state index contributed by atoms with van der Waals surface area (Å²) in [6, 6.07) is 18.8. The molecule has 0 unspecified atom stereocenters. The molecule has 3 rings (SSSR count). The van der Waals surface area contributed by atoms with Crippen molar-refractivity contribution in [2.75, 3.05) is 17.4 Å². The molecule has 0 heterocycles. The van der Waals surface area contributed by atoms with Crippen LogP contribution in [0.3, 0.4) is 0 Å². The van der Waals surface area contributed by atoms with Gasteiger partial charge in [-0.15, -0.1) is 0 Å². The molecule has 0 atom stereocenters. The second-order valence-electron chi connectivity index (χ2n) is 7.81. The second kappa shape index (κ2) is 11.1. The van der Waals surface area contributed by atoms with E-state index in [-0.39, 0.29) is 17.3 Å². The minimum absolute atomic E-state index is 0.0701. The van der Waals surface area contributed by atoms with Crippen LogP contribution in [-0.2, 0) is 21.2 Å². The van der Waals surface area contributed by atoms with E-state index in [1.165, 1.54) is 24.3 Å². The van der Waals surface area contributed by atoms with E-state index >= 15 is 0 Å². The number of halogens is 2. The third kappa shape index (κ3) is 6.73. The van der Waals surface area contributed by atoms with Crippen molar-refractivity contribution in [3.8, 4) is 0 Å². The van der Waals surface area contributed by atoms with Crippen LogP contribution in [0.15, 0.2) is 71.6 Å². The van der Waals surface area contributed by atoms with Crippen molar-refractivity contribution in [3.63, 3.8) is 0 Å². The molecule has 0 aliphatic rings. The summed E-state index contributed by atoms with van der Waals surface area (Å²) in [5.41, 5.74) is 3.53. The number of anilines is 1. The molecular weight excluding hydrogens is 479 g/mol. The van der Waals surface area contributed by atoms with E-state index in [4.69, 9.17) is 23.2 Å². The largest absolute Gasteiger partial charge is 0.355 e. The maximum atomic E-state index is 13.4. The molecular formula is C25H26Cl2N2O3S. The van der Waals surface area contributed by atoms with E-state index in [0.717, 1.165) is 33.8 Å². The standard InChI is InChI=1S/C25H26Cl2N2O3S/c1-18-5-12-23(16-19(18)2)29(33(31,32)24-13-10-22(27)11-14-24)17-25(30)28-15-3-4-20-6-8-21(26)9-7-20/h5-14,16H,3-4,15,17H2,1-2H3,(H,28,30). The Balaban J connectivity index is 1.73. The van der Waals surface area contributed by atoms with E-state index in [0.29, 0.717) is 22.3 Å². The summed E-state index contributed by atoms with van der Waals surface area (Å²) in [7, 11) is -3.97. The molecule has 1 N–H and O–H groups in total. The van der Waals surface area contributed by atoms with E-state index in [1.54, 1.807) is 12.1 Å². The zero-order valence-corrected chi connectivity index (χ0v) is 20.8. The SMILES string of the molecule is Cc1ccc(N(CC(=O)NCCCc2ccc(Cl)cc2)S(=O)(=O)c2ccc(Cl)cc2)cc1C. The molecule has 0 saturated heterocycles. The number of sulfonamides is 1. The molecule has 174 valence electrons. The number of nitrogens with zero attached hydrogens (tertiary/aromatic N) is 1. The van der Waals surface area contributed by atoms with Gasteiger partial charge in [-0.05, 0) is 91.9 Å². The summed E-state index contributed by atoms with van der Waals surface area (Å²) in [6.07, 6.45) is 1.50. The second-order valence-corrected chi connectivity index (χ2v) is 10.5. The topological polar surface area (TPSA) is 66.5 Å². The molecule has 0 fully saturated rings. The van der Waals surface area contributed by atoms with Crippen molar-refractivity contribution in [2.45, 2.75) is 31.6 Å². The summed E-state index contributed by atoms with van der Waals surface area (Å²) >= 11 is 11.8. The highest BCUT2D eigenvalue weighted by Crippen LogP contribution is 2.26. The molecule has 3 aromatic carbocycles. The van der Waals surface area contributed by atoms with Crippen LogP contribution in [0.2, 0.25) is 10.0 Å². The molecule has 0 saturated carbocycles. The van der Waals surface area contributed by atoms with Crippen LogP contribution in [-0.4, -0.2) is 27.4 Å². The number of hydrogen-bond acceptors (Lipinski definition) is 3. The van der Waals surface area contributed by atoms with Crippen LogP contribution in [0.5, 0.6) is 0 Å². The summed E-state index contributed by atoms with van der Waals surface area (Å²) < 4.78 is 28.0. The first-order chi connectivity index (χ1) is 15.7. The zero-order chi connectivity index (χ0) is 24.0. The Hall–Kier alpha value is -2.54. The summed E-state index contributed by atoms with van der Waals surface area (Å²) in [5.74, 6) is -0.373. The molecule has 8 heteroatoms. The van der Waals surface area contributed by atoms with Crippen LogP contribution in [0.4, 0.5) is 5.69 Å².